The number of nitrogens with zero attached hydrogens (tertiary/aromatic N) is 3. The Morgan fingerprint density at radius 1 is 1.25 bits per heavy atom. The fraction of sp³-hybridized carbons (Fsp3) is 0.348. The fourth-order valence-electron chi connectivity index (χ4n) is 3.79. The third-order valence-corrected chi connectivity index (χ3v) is 5.95. The van der Waals surface area contributed by atoms with Crippen LogP contribution in [0.2, 0.25) is 5.02 Å². The van der Waals surface area contributed by atoms with Gasteiger partial charge in [-0.2, -0.15) is 0 Å². The summed E-state index contributed by atoms with van der Waals surface area (Å²) < 4.78 is 18.3. The summed E-state index contributed by atoms with van der Waals surface area (Å²) in [5.74, 6) is -0.271. The minimum absolute atomic E-state index is 0.0297. The van der Waals surface area contributed by atoms with Crippen LogP contribution >= 0.6 is 11.6 Å². The summed E-state index contributed by atoms with van der Waals surface area (Å²) in [6, 6.07) is 9.38. The summed E-state index contributed by atoms with van der Waals surface area (Å²) in [7, 11) is 1.37. The smallest absolute Gasteiger partial charge is 0.292 e. The number of halogens is 2. The van der Waals surface area contributed by atoms with Crippen LogP contribution in [0.3, 0.4) is 0 Å². The van der Waals surface area contributed by atoms with Gasteiger partial charge in [0.15, 0.2) is 5.02 Å². The third kappa shape index (κ3) is 5.44. The quantitative estimate of drug-likeness (QED) is 0.359. The number of rotatable bonds is 6. The van der Waals surface area contributed by atoms with E-state index in [4.69, 9.17) is 16.3 Å². The average molecular weight is 462 g/mol. The predicted molar refractivity (Wildman–Crippen MR) is 121 cm³/mol. The lowest BCUT2D eigenvalue weighted by atomic mass is 10.1. The molecule has 0 radical (unpaired) electrons. The molecule has 1 heterocycles. The van der Waals surface area contributed by atoms with Crippen molar-refractivity contribution < 1.29 is 18.8 Å². The normalized spacial score (nSPS) is 19.3. The Bertz CT molecular complexity index is 1030. The first-order chi connectivity index (χ1) is 15.2. The largest absolute Gasteiger partial charge is 0.495 e. The maximum atomic E-state index is 13.2. The standard InChI is InChI=1S/C23H25ClFN3O4/c1-15-13-27(16(2)12-26(15)14-17-4-7-19(25)8-5-17)22(29)9-6-18-10-20(28(30)31)23(24)21(11-18)32-3/h4-11,15-16H,12-14H2,1-3H3/b9-6+. The third-order valence-electron chi connectivity index (χ3n) is 5.57. The zero-order valence-electron chi connectivity index (χ0n) is 18.1. The number of amides is 1. The monoisotopic (exact) mass is 461 g/mol. The second kappa shape index (κ2) is 10.1. The number of methoxy groups -OCH3 is 1. The molecule has 2 atom stereocenters. The van der Waals surface area contributed by atoms with Gasteiger partial charge in [-0.15, -0.1) is 0 Å². The van der Waals surface area contributed by atoms with E-state index in [1.807, 2.05) is 13.8 Å². The van der Waals surface area contributed by atoms with Crippen molar-refractivity contribution in [2.45, 2.75) is 32.5 Å². The molecule has 32 heavy (non-hydrogen) atoms. The van der Waals surface area contributed by atoms with Crippen LogP contribution in [-0.2, 0) is 11.3 Å². The molecule has 0 bridgehead atoms. The van der Waals surface area contributed by atoms with Crippen LogP contribution in [0.4, 0.5) is 10.1 Å². The van der Waals surface area contributed by atoms with E-state index >= 15 is 0 Å². The van der Waals surface area contributed by atoms with E-state index in [-0.39, 0.29) is 40.3 Å². The van der Waals surface area contributed by atoms with Crippen LogP contribution in [0, 0.1) is 15.9 Å². The molecule has 2 aromatic carbocycles. The van der Waals surface area contributed by atoms with Gasteiger partial charge in [-0.1, -0.05) is 23.7 Å². The highest BCUT2D eigenvalue weighted by molar-refractivity contribution is 6.34. The van der Waals surface area contributed by atoms with E-state index in [0.29, 0.717) is 25.2 Å². The lowest BCUT2D eigenvalue weighted by Crippen LogP contribution is -2.57. The summed E-state index contributed by atoms with van der Waals surface area (Å²) in [5.41, 5.74) is 1.18. The molecule has 1 amide bonds. The van der Waals surface area contributed by atoms with Gasteiger partial charge >= 0.3 is 0 Å². The molecule has 0 N–H and O–H groups in total. The maximum absolute atomic E-state index is 13.2. The molecule has 0 aromatic heterocycles. The molecule has 0 saturated carbocycles. The molecule has 1 aliphatic rings. The predicted octanol–water partition coefficient (Wildman–Crippen LogP) is 4.53. The maximum Gasteiger partial charge on any atom is 0.292 e. The molecule has 7 nitrogen and oxygen atoms in total. The van der Waals surface area contributed by atoms with Crippen LogP contribution < -0.4 is 4.74 Å². The first-order valence-electron chi connectivity index (χ1n) is 10.2. The van der Waals surface area contributed by atoms with Gasteiger partial charge in [-0.05, 0) is 49.2 Å². The van der Waals surface area contributed by atoms with E-state index in [1.165, 1.54) is 37.5 Å². The molecular weight excluding hydrogens is 437 g/mol. The number of ether oxygens (including phenoxy) is 1. The molecule has 9 heteroatoms. The Labute approximate surface area is 191 Å². The summed E-state index contributed by atoms with van der Waals surface area (Å²) in [6.45, 7) is 5.92. The highest BCUT2D eigenvalue weighted by atomic mass is 35.5. The summed E-state index contributed by atoms with van der Waals surface area (Å²) in [6.07, 6.45) is 2.93. The molecule has 1 aliphatic heterocycles. The zero-order chi connectivity index (χ0) is 23.4. The van der Waals surface area contributed by atoms with Gasteiger partial charge in [0.2, 0.25) is 5.91 Å². The summed E-state index contributed by atoms with van der Waals surface area (Å²) in [4.78, 5) is 27.5. The van der Waals surface area contributed by atoms with Gasteiger partial charge in [-0.25, -0.2) is 4.39 Å². The SMILES string of the molecule is COc1cc(/C=C/C(=O)N2CC(C)N(Cc3ccc(F)cc3)CC2C)cc([N+](=O)[O-])c1Cl. The first-order valence-corrected chi connectivity index (χ1v) is 10.6. The second-order valence-electron chi connectivity index (χ2n) is 7.89. The Morgan fingerprint density at radius 3 is 2.56 bits per heavy atom. The number of nitro groups is 1. The number of hydrogen-bond acceptors (Lipinski definition) is 5. The van der Waals surface area contributed by atoms with Gasteiger partial charge in [-0.3, -0.25) is 19.8 Å². The first kappa shape index (κ1) is 23.7. The fourth-order valence-corrected chi connectivity index (χ4v) is 4.05. The van der Waals surface area contributed by atoms with Crippen LogP contribution in [0.25, 0.3) is 6.08 Å². The molecule has 0 spiro atoms. The number of hydrogen-bond donors (Lipinski definition) is 0. The highest BCUT2D eigenvalue weighted by Gasteiger charge is 2.31. The van der Waals surface area contributed by atoms with Crippen molar-refractivity contribution in [1.29, 1.82) is 0 Å². The van der Waals surface area contributed by atoms with Crippen molar-refractivity contribution in [2.24, 2.45) is 0 Å². The van der Waals surface area contributed by atoms with Gasteiger partial charge in [0, 0.05) is 43.9 Å². The Kier molecular flexibility index (Phi) is 7.48. The van der Waals surface area contributed by atoms with Gasteiger partial charge in [0.05, 0.1) is 12.0 Å². The Balaban J connectivity index is 1.69. The van der Waals surface area contributed by atoms with Crippen molar-refractivity contribution in [2.75, 3.05) is 20.2 Å². The summed E-state index contributed by atoms with van der Waals surface area (Å²) in [5, 5.41) is 11.1. The van der Waals surface area contributed by atoms with E-state index in [0.717, 1.165) is 5.56 Å². The molecule has 1 saturated heterocycles. The minimum Gasteiger partial charge on any atom is -0.495 e. The van der Waals surface area contributed by atoms with Crippen LogP contribution in [-0.4, -0.2) is 52.9 Å². The summed E-state index contributed by atoms with van der Waals surface area (Å²) >= 11 is 5.99. The van der Waals surface area contributed by atoms with E-state index < -0.39 is 4.92 Å². The molecule has 0 aliphatic carbocycles. The van der Waals surface area contributed by atoms with Crippen molar-refractivity contribution in [3.63, 3.8) is 0 Å². The van der Waals surface area contributed by atoms with E-state index in [1.54, 1.807) is 23.1 Å². The number of carbonyl (C=O) groups is 1. The van der Waals surface area contributed by atoms with Gasteiger partial charge in [0.25, 0.3) is 5.69 Å². The Morgan fingerprint density at radius 2 is 1.94 bits per heavy atom. The van der Waals surface area contributed by atoms with Crippen molar-refractivity contribution in [3.8, 4) is 5.75 Å². The molecule has 170 valence electrons. The zero-order valence-corrected chi connectivity index (χ0v) is 18.9. The van der Waals surface area contributed by atoms with Crippen molar-refractivity contribution in [3.05, 3.63) is 74.6 Å². The Hall–Kier alpha value is -2.97. The van der Waals surface area contributed by atoms with Gasteiger partial charge in [0.1, 0.15) is 11.6 Å². The van der Waals surface area contributed by atoms with E-state index in [2.05, 4.69) is 4.90 Å². The van der Waals surface area contributed by atoms with Crippen molar-refractivity contribution in [1.82, 2.24) is 9.80 Å². The number of piperazine rings is 1. The molecule has 3 rings (SSSR count). The molecule has 1 fully saturated rings. The van der Waals surface area contributed by atoms with Gasteiger partial charge < -0.3 is 9.64 Å². The number of nitro benzene ring substituents is 1. The van der Waals surface area contributed by atoms with Crippen LogP contribution in [0.1, 0.15) is 25.0 Å². The molecular formula is C23H25ClFN3O4. The van der Waals surface area contributed by atoms with E-state index in [9.17, 15) is 19.3 Å². The lowest BCUT2D eigenvalue weighted by Gasteiger charge is -2.44. The number of carbonyl (C=O) groups excluding carboxylic acids is 1. The average Bonchev–Trinajstić information content (AvgIpc) is 2.76. The minimum atomic E-state index is -0.589. The van der Waals surface area contributed by atoms with Crippen molar-refractivity contribution >= 4 is 29.3 Å². The number of benzene rings is 2. The molecule has 2 aromatic rings. The second-order valence-corrected chi connectivity index (χ2v) is 8.27. The lowest BCUT2D eigenvalue weighted by molar-refractivity contribution is -0.384. The molecule has 2 unspecified atom stereocenters. The van der Waals surface area contributed by atoms with Crippen LogP contribution in [0.15, 0.2) is 42.5 Å². The topological polar surface area (TPSA) is 75.9 Å². The van der Waals surface area contributed by atoms with Crippen LogP contribution in [0.5, 0.6) is 5.75 Å². The highest BCUT2D eigenvalue weighted by Crippen LogP contribution is 2.35.